The molecule has 5 rings (SSSR count). The standard InChI is InChI=1S/C22H26FN5O2/c1-12-19-15(21(29)26-22(30)28(19)14-4-5-14)9-17(23)20(12)27-10-13-3-6-18(16(13)11-27)25-8-2-7-24/h9,13-14,16,18,25H,2-6,8,10-11H2,1H3,(H,26,29,30). The third-order valence-electron chi connectivity index (χ3n) is 7.12. The van der Waals surface area contributed by atoms with Crippen molar-refractivity contribution in [2.45, 2.75) is 51.1 Å². The lowest BCUT2D eigenvalue weighted by molar-refractivity contribution is 0.394. The Kier molecular flexibility index (Phi) is 4.66. The molecule has 3 fully saturated rings. The number of nitrogens with zero attached hydrogens (tertiary/aromatic N) is 3. The maximum atomic E-state index is 15.2. The molecule has 158 valence electrons. The molecule has 8 heteroatoms. The van der Waals surface area contributed by atoms with Crippen molar-refractivity contribution in [3.05, 3.63) is 38.3 Å². The minimum Gasteiger partial charge on any atom is -0.368 e. The number of nitriles is 1. The van der Waals surface area contributed by atoms with Crippen molar-refractivity contribution in [3.8, 4) is 6.07 Å². The van der Waals surface area contributed by atoms with Crippen LogP contribution < -0.4 is 21.5 Å². The molecule has 0 bridgehead atoms. The summed E-state index contributed by atoms with van der Waals surface area (Å²) in [7, 11) is 0. The first kappa shape index (κ1) is 19.3. The molecule has 1 aromatic carbocycles. The van der Waals surface area contributed by atoms with Gasteiger partial charge in [-0.1, -0.05) is 0 Å². The molecule has 0 radical (unpaired) electrons. The van der Waals surface area contributed by atoms with E-state index in [2.05, 4.69) is 21.3 Å². The van der Waals surface area contributed by atoms with Gasteiger partial charge in [0.05, 0.1) is 22.7 Å². The van der Waals surface area contributed by atoms with Crippen LogP contribution in [-0.4, -0.2) is 35.2 Å². The third kappa shape index (κ3) is 3.03. The molecule has 1 aliphatic heterocycles. The molecule has 2 aromatic rings. The first-order chi connectivity index (χ1) is 14.5. The van der Waals surface area contributed by atoms with E-state index in [4.69, 9.17) is 5.26 Å². The summed E-state index contributed by atoms with van der Waals surface area (Å²) in [6.07, 6.45) is 4.47. The van der Waals surface area contributed by atoms with Crippen molar-refractivity contribution in [2.75, 3.05) is 24.5 Å². The average molecular weight is 411 g/mol. The number of aryl methyl sites for hydroxylation is 1. The number of fused-ring (bicyclic) bond motifs is 2. The van der Waals surface area contributed by atoms with Gasteiger partial charge in [0, 0.05) is 43.7 Å². The molecule has 7 nitrogen and oxygen atoms in total. The Bertz CT molecular complexity index is 1160. The lowest BCUT2D eigenvalue weighted by Crippen LogP contribution is -2.36. The fraction of sp³-hybridized carbons (Fsp3) is 0.591. The molecular formula is C22H26FN5O2. The number of nitrogens with one attached hydrogen (secondary N) is 2. The molecule has 2 saturated carbocycles. The second-order valence-corrected chi connectivity index (χ2v) is 8.96. The van der Waals surface area contributed by atoms with Crippen LogP contribution in [0.4, 0.5) is 10.1 Å². The molecule has 1 aromatic heterocycles. The van der Waals surface area contributed by atoms with Crippen LogP contribution in [-0.2, 0) is 0 Å². The second kappa shape index (κ2) is 7.24. The second-order valence-electron chi connectivity index (χ2n) is 8.96. The SMILES string of the molecule is Cc1c(N2CC3CCC(NCCC#N)C3C2)c(F)cc2c(=O)[nH]c(=O)n(C3CC3)c12. The summed E-state index contributed by atoms with van der Waals surface area (Å²) in [5.41, 5.74) is 0.834. The molecule has 3 unspecified atom stereocenters. The van der Waals surface area contributed by atoms with E-state index in [0.717, 1.165) is 38.8 Å². The molecule has 0 spiro atoms. The number of benzene rings is 1. The molecule has 2 N–H and O–H groups in total. The van der Waals surface area contributed by atoms with Gasteiger partial charge in [-0.3, -0.25) is 14.3 Å². The number of hydrogen-bond donors (Lipinski definition) is 2. The Morgan fingerprint density at radius 1 is 1.27 bits per heavy atom. The maximum absolute atomic E-state index is 15.2. The van der Waals surface area contributed by atoms with E-state index in [1.165, 1.54) is 6.07 Å². The van der Waals surface area contributed by atoms with Crippen molar-refractivity contribution in [2.24, 2.45) is 11.8 Å². The maximum Gasteiger partial charge on any atom is 0.329 e. The summed E-state index contributed by atoms with van der Waals surface area (Å²) in [4.78, 5) is 29.3. The zero-order chi connectivity index (χ0) is 21.0. The van der Waals surface area contributed by atoms with Crippen molar-refractivity contribution in [1.82, 2.24) is 14.9 Å². The van der Waals surface area contributed by atoms with Gasteiger partial charge in [-0.2, -0.15) is 5.26 Å². The fourth-order valence-corrected chi connectivity index (χ4v) is 5.65. The van der Waals surface area contributed by atoms with Gasteiger partial charge in [-0.15, -0.1) is 0 Å². The zero-order valence-corrected chi connectivity index (χ0v) is 17.1. The summed E-state index contributed by atoms with van der Waals surface area (Å²) >= 11 is 0. The van der Waals surface area contributed by atoms with E-state index in [1.54, 1.807) is 4.57 Å². The normalized spacial score (nSPS) is 25.6. The minimum atomic E-state index is -0.527. The van der Waals surface area contributed by atoms with Crippen LogP contribution in [0.2, 0.25) is 0 Å². The largest absolute Gasteiger partial charge is 0.368 e. The topological polar surface area (TPSA) is 93.9 Å². The fourth-order valence-electron chi connectivity index (χ4n) is 5.65. The molecule has 0 amide bonds. The summed E-state index contributed by atoms with van der Waals surface area (Å²) in [5.74, 6) is 0.507. The highest BCUT2D eigenvalue weighted by molar-refractivity contribution is 5.87. The van der Waals surface area contributed by atoms with Gasteiger partial charge in [-0.05, 0) is 50.5 Å². The van der Waals surface area contributed by atoms with Gasteiger partial charge < -0.3 is 10.2 Å². The number of halogens is 1. The van der Waals surface area contributed by atoms with Gasteiger partial charge in [-0.25, -0.2) is 9.18 Å². The number of aromatic nitrogens is 2. The molecular weight excluding hydrogens is 385 g/mol. The third-order valence-corrected chi connectivity index (χ3v) is 7.12. The Hall–Kier alpha value is -2.66. The van der Waals surface area contributed by atoms with E-state index in [-0.39, 0.29) is 11.4 Å². The number of H-pyrrole nitrogens is 1. The van der Waals surface area contributed by atoms with Crippen molar-refractivity contribution in [3.63, 3.8) is 0 Å². The van der Waals surface area contributed by atoms with Crippen LogP contribution in [0.3, 0.4) is 0 Å². The Morgan fingerprint density at radius 2 is 2.07 bits per heavy atom. The lowest BCUT2D eigenvalue weighted by Gasteiger charge is -2.26. The van der Waals surface area contributed by atoms with E-state index in [0.29, 0.717) is 47.6 Å². The smallest absolute Gasteiger partial charge is 0.329 e. The van der Waals surface area contributed by atoms with Crippen molar-refractivity contribution in [1.29, 1.82) is 5.26 Å². The first-order valence-corrected chi connectivity index (χ1v) is 10.8. The van der Waals surface area contributed by atoms with Crippen LogP contribution in [0.5, 0.6) is 0 Å². The molecule has 2 heterocycles. The van der Waals surface area contributed by atoms with Gasteiger partial charge in [0.2, 0.25) is 0 Å². The van der Waals surface area contributed by atoms with Crippen LogP contribution in [0.25, 0.3) is 10.9 Å². The van der Waals surface area contributed by atoms with E-state index in [9.17, 15) is 9.59 Å². The molecule has 30 heavy (non-hydrogen) atoms. The van der Waals surface area contributed by atoms with Gasteiger partial charge in [0.25, 0.3) is 5.56 Å². The molecule has 2 aliphatic carbocycles. The van der Waals surface area contributed by atoms with Crippen LogP contribution in [0, 0.1) is 35.9 Å². The Balaban J connectivity index is 1.53. The first-order valence-electron chi connectivity index (χ1n) is 10.8. The summed E-state index contributed by atoms with van der Waals surface area (Å²) < 4.78 is 16.9. The highest BCUT2D eigenvalue weighted by atomic mass is 19.1. The number of rotatable bonds is 5. The van der Waals surface area contributed by atoms with E-state index in [1.807, 2.05) is 6.92 Å². The Morgan fingerprint density at radius 3 is 2.80 bits per heavy atom. The van der Waals surface area contributed by atoms with E-state index < -0.39 is 17.1 Å². The predicted molar refractivity (Wildman–Crippen MR) is 112 cm³/mol. The number of hydrogen-bond acceptors (Lipinski definition) is 5. The quantitative estimate of drug-likeness (QED) is 0.736. The minimum absolute atomic E-state index is 0.0838. The molecule has 3 aliphatic rings. The van der Waals surface area contributed by atoms with E-state index >= 15 is 4.39 Å². The van der Waals surface area contributed by atoms with Crippen LogP contribution in [0.15, 0.2) is 15.7 Å². The summed E-state index contributed by atoms with van der Waals surface area (Å²) in [5, 5.41) is 12.5. The van der Waals surface area contributed by atoms with Gasteiger partial charge in [0.15, 0.2) is 0 Å². The highest BCUT2D eigenvalue weighted by Gasteiger charge is 2.43. The monoisotopic (exact) mass is 411 g/mol. The van der Waals surface area contributed by atoms with Gasteiger partial charge in [0.1, 0.15) is 5.82 Å². The zero-order valence-electron chi connectivity index (χ0n) is 17.1. The number of anilines is 1. The van der Waals surface area contributed by atoms with Crippen molar-refractivity contribution < 1.29 is 4.39 Å². The molecule has 1 saturated heterocycles. The van der Waals surface area contributed by atoms with Crippen LogP contribution in [0.1, 0.15) is 43.7 Å². The number of aromatic amines is 1. The summed E-state index contributed by atoms with van der Waals surface area (Å²) in [6.45, 7) is 4.04. The van der Waals surface area contributed by atoms with Crippen LogP contribution >= 0.6 is 0 Å². The summed E-state index contributed by atoms with van der Waals surface area (Å²) in [6, 6.07) is 3.90. The lowest BCUT2D eigenvalue weighted by atomic mass is 9.98. The highest BCUT2D eigenvalue weighted by Crippen LogP contribution is 2.43. The predicted octanol–water partition coefficient (Wildman–Crippen LogP) is 2.19. The van der Waals surface area contributed by atoms with Gasteiger partial charge >= 0.3 is 5.69 Å². The molecule has 3 atom stereocenters. The average Bonchev–Trinajstić information content (AvgIpc) is 3.34. The Labute approximate surface area is 173 Å². The van der Waals surface area contributed by atoms with Crippen molar-refractivity contribution >= 4 is 16.6 Å².